The van der Waals surface area contributed by atoms with Crippen LogP contribution in [0.4, 0.5) is 24.1 Å². The Morgan fingerprint density at radius 3 is 2.40 bits per heavy atom. The summed E-state index contributed by atoms with van der Waals surface area (Å²) in [5, 5.41) is 2.53. The zero-order valence-electron chi connectivity index (χ0n) is 27.6. The van der Waals surface area contributed by atoms with Crippen molar-refractivity contribution in [2.24, 2.45) is 0 Å². The molecule has 2 aromatic carbocycles. The van der Waals surface area contributed by atoms with Crippen molar-refractivity contribution < 1.29 is 42.2 Å². The number of carbonyl (C=O) groups excluding carboxylic acids is 4. The number of anilines is 1. The van der Waals surface area contributed by atoms with Crippen molar-refractivity contribution in [1.29, 1.82) is 0 Å². The van der Waals surface area contributed by atoms with Crippen LogP contribution < -0.4 is 15.0 Å². The third-order valence-electron chi connectivity index (χ3n) is 7.97. The number of hydrogen-bond donors (Lipinski definition) is 1. The molecule has 0 aromatic heterocycles. The molecule has 14 heteroatoms. The molecule has 2 aliphatic heterocycles. The maximum atomic E-state index is 14.3. The summed E-state index contributed by atoms with van der Waals surface area (Å²) in [4.78, 5) is 57.7. The zero-order chi connectivity index (χ0) is 34.8. The number of benzene rings is 2. The number of hydrogen-bond acceptors (Lipinski definition) is 7. The first kappa shape index (κ1) is 35.9. The molecule has 11 nitrogen and oxygen atoms in total. The van der Waals surface area contributed by atoms with Gasteiger partial charge in [-0.25, -0.2) is 18.4 Å². The van der Waals surface area contributed by atoms with Crippen molar-refractivity contribution in [2.75, 3.05) is 38.2 Å². The summed E-state index contributed by atoms with van der Waals surface area (Å²) in [5.41, 5.74) is -2.10. The van der Waals surface area contributed by atoms with Gasteiger partial charge in [0.1, 0.15) is 23.0 Å². The number of carbonyl (C=O) groups is 4. The van der Waals surface area contributed by atoms with Crippen molar-refractivity contribution >= 4 is 45.6 Å². The Bertz CT molecular complexity index is 1530. The summed E-state index contributed by atoms with van der Waals surface area (Å²) in [5.74, 6) is -2.60. The fraction of sp³-hybridized carbons (Fsp3) is 0.515. The van der Waals surface area contributed by atoms with Crippen LogP contribution in [0.15, 0.2) is 34.8 Å². The smallest absolute Gasteiger partial charge is 0.410 e. The van der Waals surface area contributed by atoms with E-state index in [2.05, 4.69) is 26.0 Å². The Hall–Kier alpha value is -3.94. The molecule has 0 aliphatic carbocycles. The molecule has 2 atom stereocenters. The largest absolute Gasteiger partial charge is 0.471 e. The standard InChI is InChI=1S/C33H41BrF2N4O7/c1-19(2)40(23-9-8-11-38(18-23)31(44)47-32(3,4)5)28(41)24-16-26-27(17-25(24)34)46-33(6,20-13-21(35)15-22(36)14-20)29(42)39(26)12-10-37-30(43)45-7/h13-17,19,23H,8-12,18H2,1-7H3,(H,37,43)/t23-,33?/m1/s1. The summed E-state index contributed by atoms with van der Waals surface area (Å²) in [6.07, 6.45) is 0.185. The van der Waals surface area contributed by atoms with E-state index >= 15 is 0 Å². The van der Waals surface area contributed by atoms with Gasteiger partial charge >= 0.3 is 12.2 Å². The van der Waals surface area contributed by atoms with E-state index in [1.54, 1.807) is 30.6 Å². The number of alkyl carbamates (subject to hydrolysis) is 1. The number of methoxy groups -OCH3 is 1. The minimum atomic E-state index is -1.84. The van der Waals surface area contributed by atoms with Crippen LogP contribution in [-0.4, -0.2) is 84.8 Å². The summed E-state index contributed by atoms with van der Waals surface area (Å²) in [6, 6.07) is 5.24. The molecule has 0 bridgehead atoms. The molecule has 0 radical (unpaired) electrons. The minimum Gasteiger partial charge on any atom is -0.471 e. The van der Waals surface area contributed by atoms with Crippen molar-refractivity contribution in [1.82, 2.24) is 15.1 Å². The van der Waals surface area contributed by atoms with Crippen LogP contribution in [0.3, 0.4) is 0 Å². The Morgan fingerprint density at radius 2 is 1.81 bits per heavy atom. The molecule has 47 heavy (non-hydrogen) atoms. The Kier molecular flexibility index (Phi) is 10.7. The first-order valence-electron chi connectivity index (χ1n) is 15.4. The van der Waals surface area contributed by atoms with E-state index in [1.165, 1.54) is 31.1 Å². The van der Waals surface area contributed by atoms with Gasteiger partial charge in [-0.05, 0) is 94.6 Å². The van der Waals surface area contributed by atoms with E-state index in [9.17, 15) is 28.0 Å². The number of nitrogens with zero attached hydrogens (tertiary/aromatic N) is 3. The topological polar surface area (TPSA) is 118 Å². The number of amides is 4. The summed E-state index contributed by atoms with van der Waals surface area (Å²) in [6.45, 7) is 11.3. The number of ether oxygens (including phenoxy) is 3. The van der Waals surface area contributed by atoms with Gasteiger partial charge in [0, 0.05) is 48.3 Å². The fourth-order valence-corrected chi connectivity index (χ4v) is 6.33. The second-order valence-electron chi connectivity index (χ2n) is 13.0. The third-order valence-corrected chi connectivity index (χ3v) is 8.63. The Balaban J connectivity index is 1.72. The number of rotatable bonds is 7. The van der Waals surface area contributed by atoms with Gasteiger partial charge in [0.2, 0.25) is 5.60 Å². The highest BCUT2D eigenvalue weighted by Crippen LogP contribution is 2.45. The third kappa shape index (κ3) is 7.96. The van der Waals surface area contributed by atoms with Gasteiger partial charge < -0.3 is 34.2 Å². The minimum absolute atomic E-state index is 0.0362. The molecular formula is C33H41BrF2N4O7. The van der Waals surface area contributed by atoms with Crippen molar-refractivity contribution in [2.45, 2.75) is 77.7 Å². The second kappa shape index (κ2) is 14.0. The normalized spacial score (nSPS) is 19.6. The first-order valence-corrected chi connectivity index (χ1v) is 16.2. The van der Waals surface area contributed by atoms with Crippen LogP contribution in [0.5, 0.6) is 5.75 Å². The monoisotopic (exact) mass is 722 g/mol. The fourth-order valence-electron chi connectivity index (χ4n) is 5.84. The Morgan fingerprint density at radius 1 is 1.15 bits per heavy atom. The van der Waals surface area contributed by atoms with E-state index in [-0.39, 0.29) is 60.2 Å². The van der Waals surface area contributed by atoms with Crippen LogP contribution in [0.2, 0.25) is 0 Å². The van der Waals surface area contributed by atoms with Gasteiger partial charge in [0.25, 0.3) is 11.8 Å². The predicted octanol–water partition coefficient (Wildman–Crippen LogP) is 5.97. The van der Waals surface area contributed by atoms with E-state index in [1.807, 2.05) is 13.8 Å². The molecule has 1 N–H and O–H groups in total. The highest BCUT2D eigenvalue weighted by Gasteiger charge is 2.47. The van der Waals surface area contributed by atoms with Crippen molar-refractivity contribution in [3.63, 3.8) is 0 Å². The molecule has 1 unspecified atom stereocenters. The number of piperidine rings is 1. The average molecular weight is 724 g/mol. The molecule has 4 rings (SSSR count). The van der Waals surface area contributed by atoms with Crippen LogP contribution in [0.25, 0.3) is 0 Å². The highest BCUT2D eigenvalue weighted by atomic mass is 79.9. The maximum Gasteiger partial charge on any atom is 0.410 e. The van der Waals surface area contributed by atoms with Crippen molar-refractivity contribution in [3.8, 4) is 5.75 Å². The van der Waals surface area contributed by atoms with E-state index in [0.29, 0.717) is 29.9 Å². The quantitative estimate of drug-likeness (QED) is 0.374. The second-order valence-corrected chi connectivity index (χ2v) is 13.9. The van der Waals surface area contributed by atoms with Crippen molar-refractivity contribution in [3.05, 3.63) is 57.6 Å². The number of halogens is 3. The molecule has 2 aliphatic rings. The number of nitrogens with one attached hydrogen (secondary N) is 1. The number of fused-ring (bicyclic) bond motifs is 1. The van der Waals surface area contributed by atoms with E-state index in [4.69, 9.17) is 9.47 Å². The van der Waals surface area contributed by atoms with Gasteiger partial charge in [0.15, 0.2) is 0 Å². The van der Waals surface area contributed by atoms with E-state index in [0.717, 1.165) is 12.1 Å². The molecule has 1 saturated heterocycles. The molecule has 256 valence electrons. The average Bonchev–Trinajstić information content (AvgIpc) is 2.97. The Labute approximate surface area is 281 Å². The molecule has 0 spiro atoms. The van der Waals surface area contributed by atoms with Gasteiger partial charge in [0.05, 0.1) is 24.4 Å². The number of likely N-dealkylation sites (tertiary alicyclic amines) is 1. The lowest BCUT2D eigenvalue weighted by Gasteiger charge is -2.43. The molecule has 2 aromatic rings. The van der Waals surface area contributed by atoms with Gasteiger partial charge in [-0.2, -0.15) is 0 Å². The molecule has 1 fully saturated rings. The lowest BCUT2D eigenvalue weighted by Crippen LogP contribution is -2.55. The lowest BCUT2D eigenvalue weighted by atomic mass is 9.91. The first-order chi connectivity index (χ1) is 21.9. The van der Waals surface area contributed by atoms with Crippen LogP contribution in [0.1, 0.15) is 70.3 Å². The SMILES string of the molecule is COC(=O)NCCN1C(=O)C(C)(c2cc(F)cc(F)c2)Oc2cc(Br)c(C(=O)N(C(C)C)[C@@H]3CCCN(C(=O)OC(C)(C)C)C3)cc21. The summed E-state index contributed by atoms with van der Waals surface area (Å²) < 4.78 is 45.3. The van der Waals surface area contributed by atoms with Gasteiger partial charge in [-0.3, -0.25) is 9.59 Å². The maximum absolute atomic E-state index is 14.3. The predicted molar refractivity (Wildman–Crippen MR) is 173 cm³/mol. The summed E-state index contributed by atoms with van der Waals surface area (Å²) >= 11 is 3.51. The molecule has 0 saturated carbocycles. The lowest BCUT2D eigenvalue weighted by molar-refractivity contribution is -0.135. The molecule has 2 heterocycles. The zero-order valence-corrected chi connectivity index (χ0v) is 29.2. The van der Waals surface area contributed by atoms with E-state index < -0.39 is 40.9 Å². The van der Waals surface area contributed by atoms with Gasteiger partial charge in [-0.1, -0.05) is 0 Å². The summed E-state index contributed by atoms with van der Waals surface area (Å²) in [7, 11) is 1.20. The molecule has 4 amide bonds. The van der Waals surface area contributed by atoms with Crippen LogP contribution in [-0.2, 0) is 19.9 Å². The highest BCUT2D eigenvalue weighted by molar-refractivity contribution is 9.10. The molecular weight excluding hydrogens is 682 g/mol. The van der Waals surface area contributed by atoms with Gasteiger partial charge in [-0.15, -0.1) is 0 Å². The van der Waals surface area contributed by atoms with Crippen LogP contribution >= 0.6 is 15.9 Å². The van der Waals surface area contributed by atoms with Crippen LogP contribution in [0, 0.1) is 11.6 Å².